The monoisotopic (exact) mass is 275 g/mol. The highest BCUT2D eigenvalue weighted by Gasteiger charge is 2.21. The van der Waals surface area contributed by atoms with Gasteiger partial charge in [-0.2, -0.15) is 0 Å². The van der Waals surface area contributed by atoms with Gasteiger partial charge in [0.25, 0.3) is 5.69 Å². The van der Waals surface area contributed by atoms with Crippen molar-refractivity contribution in [3.8, 4) is 5.75 Å². The van der Waals surface area contributed by atoms with Crippen LogP contribution in [-0.4, -0.2) is 36.3 Å². The van der Waals surface area contributed by atoms with Crippen molar-refractivity contribution < 1.29 is 24.3 Å². The van der Waals surface area contributed by atoms with E-state index in [1.54, 1.807) is 0 Å². The van der Waals surface area contributed by atoms with Crippen molar-refractivity contribution in [3.05, 3.63) is 32.8 Å². The van der Waals surface area contributed by atoms with E-state index in [4.69, 9.17) is 26.2 Å². The molecule has 0 bridgehead atoms. The van der Waals surface area contributed by atoms with Gasteiger partial charge in [-0.05, 0) is 0 Å². The van der Waals surface area contributed by atoms with Gasteiger partial charge in [0.15, 0.2) is 5.75 Å². The molecule has 98 valence electrons. The topological polar surface area (TPSA) is 98.9 Å². The SMILES string of the molecule is COCCOc1c(Cl)cc([N+](=O)[O-])cc1C(=O)O. The Labute approximate surface area is 107 Å². The number of carbonyl (C=O) groups is 1. The predicted octanol–water partition coefficient (Wildman–Crippen LogP) is 1.97. The number of nitrogens with zero attached hydrogens (tertiary/aromatic N) is 1. The minimum Gasteiger partial charge on any atom is -0.489 e. The van der Waals surface area contributed by atoms with Gasteiger partial charge in [-0.1, -0.05) is 11.6 Å². The zero-order valence-corrected chi connectivity index (χ0v) is 10.1. The minimum absolute atomic E-state index is 0.0916. The lowest BCUT2D eigenvalue weighted by Gasteiger charge is -2.10. The molecule has 0 saturated heterocycles. The van der Waals surface area contributed by atoms with Crippen molar-refractivity contribution >= 4 is 23.3 Å². The Balaban J connectivity index is 3.15. The van der Waals surface area contributed by atoms with E-state index in [0.29, 0.717) is 0 Å². The fourth-order valence-corrected chi connectivity index (χ4v) is 1.49. The molecule has 0 saturated carbocycles. The highest BCUT2D eigenvalue weighted by atomic mass is 35.5. The number of carboxylic acid groups (broad SMARTS) is 1. The van der Waals surface area contributed by atoms with Crippen LogP contribution in [0.5, 0.6) is 5.75 Å². The Morgan fingerprint density at radius 1 is 1.50 bits per heavy atom. The van der Waals surface area contributed by atoms with E-state index in [1.807, 2.05) is 0 Å². The van der Waals surface area contributed by atoms with Crippen LogP contribution in [-0.2, 0) is 4.74 Å². The number of hydrogen-bond acceptors (Lipinski definition) is 5. The van der Waals surface area contributed by atoms with E-state index >= 15 is 0 Å². The lowest BCUT2D eigenvalue weighted by molar-refractivity contribution is -0.384. The number of carboxylic acids is 1. The molecule has 1 rings (SSSR count). The Kier molecular flexibility index (Phi) is 4.87. The molecule has 1 N–H and O–H groups in total. The van der Waals surface area contributed by atoms with Crippen LogP contribution in [0.2, 0.25) is 5.02 Å². The summed E-state index contributed by atoms with van der Waals surface area (Å²) < 4.78 is 9.89. The van der Waals surface area contributed by atoms with Crippen LogP contribution in [0.3, 0.4) is 0 Å². The average molecular weight is 276 g/mol. The van der Waals surface area contributed by atoms with Crippen LogP contribution in [0.4, 0.5) is 5.69 Å². The van der Waals surface area contributed by atoms with Crippen molar-refractivity contribution in [3.63, 3.8) is 0 Å². The number of nitro benzene ring substituents is 1. The van der Waals surface area contributed by atoms with Gasteiger partial charge in [0, 0.05) is 19.2 Å². The first-order chi connectivity index (χ1) is 8.47. The van der Waals surface area contributed by atoms with Gasteiger partial charge in [0.1, 0.15) is 12.2 Å². The van der Waals surface area contributed by atoms with Crippen LogP contribution in [0.25, 0.3) is 0 Å². The lowest BCUT2D eigenvalue weighted by Crippen LogP contribution is -2.09. The Bertz CT molecular complexity index is 476. The van der Waals surface area contributed by atoms with Crippen molar-refractivity contribution in [2.75, 3.05) is 20.3 Å². The molecule has 0 aliphatic rings. The summed E-state index contributed by atoms with van der Waals surface area (Å²) in [6.07, 6.45) is 0. The molecule has 0 aliphatic carbocycles. The average Bonchev–Trinajstić information content (AvgIpc) is 2.30. The molecule has 7 nitrogen and oxygen atoms in total. The summed E-state index contributed by atoms with van der Waals surface area (Å²) in [6.45, 7) is 0.334. The molecule has 18 heavy (non-hydrogen) atoms. The van der Waals surface area contributed by atoms with Gasteiger partial charge < -0.3 is 14.6 Å². The first-order valence-corrected chi connectivity index (χ1v) is 5.18. The molecule has 0 spiro atoms. The highest BCUT2D eigenvalue weighted by molar-refractivity contribution is 6.32. The van der Waals surface area contributed by atoms with E-state index in [1.165, 1.54) is 7.11 Å². The van der Waals surface area contributed by atoms with E-state index in [9.17, 15) is 14.9 Å². The fourth-order valence-electron chi connectivity index (χ4n) is 1.22. The number of non-ortho nitro benzene ring substituents is 1. The molecule has 0 amide bonds. The third-order valence-electron chi connectivity index (χ3n) is 2.00. The number of ether oxygens (including phenoxy) is 2. The van der Waals surface area contributed by atoms with Crippen LogP contribution in [0.1, 0.15) is 10.4 Å². The van der Waals surface area contributed by atoms with Gasteiger partial charge >= 0.3 is 5.97 Å². The molecular formula is C10H10ClNO6. The molecule has 1 aromatic carbocycles. The summed E-state index contributed by atoms with van der Waals surface area (Å²) in [6, 6.07) is 1.94. The van der Waals surface area contributed by atoms with E-state index in [2.05, 4.69) is 0 Å². The minimum atomic E-state index is -1.35. The molecular weight excluding hydrogens is 266 g/mol. The second-order valence-electron chi connectivity index (χ2n) is 3.21. The first-order valence-electron chi connectivity index (χ1n) is 4.80. The molecule has 1 aromatic rings. The molecule has 0 aromatic heterocycles. The maximum absolute atomic E-state index is 11.0. The molecule has 0 fully saturated rings. The number of aromatic carboxylic acids is 1. The van der Waals surface area contributed by atoms with Crippen LogP contribution in [0, 0.1) is 10.1 Å². The molecule has 8 heteroatoms. The van der Waals surface area contributed by atoms with Crippen LogP contribution >= 0.6 is 11.6 Å². The third-order valence-corrected chi connectivity index (χ3v) is 2.28. The van der Waals surface area contributed by atoms with Gasteiger partial charge in [-0.25, -0.2) is 4.79 Å². The third kappa shape index (κ3) is 3.31. The van der Waals surface area contributed by atoms with Gasteiger partial charge in [-0.15, -0.1) is 0 Å². The number of benzene rings is 1. The first kappa shape index (κ1) is 14.2. The number of halogens is 1. The number of rotatable bonds is 6. The van der Waals surface area contributed by atoms with E-state index < -0.39 is 16.6 Å². The summed E-state index contributed by atoms with van der Waals surface area (Å²) in [5.74, 6) is -1.46. The quantitative estimate of drug-likeness (QED) is 0.484. The molecule has 0 unspecified atom stereocenters. The van der Waals surface area contributed by atoms with Crippen LogP contribution in [0.15, 0.2) is 12.1 Å². The highest BCUT2D eigenvalue weighted by Crippen LogP contribution is 2.33. The van der Waals surface area contributed by atoms with Crippen LogP contribution < -0.4 is 4.74 Å². The van der Waals surface area contributed by atoms with Gasteiger partial charge in [0.05, 0.1) is 16.6 Å². The standard InChI is InChI=1S/C10H10ClNO6/c1-17-2-3-18-9-7(10(13)14)4-6(12(15)16)5-8(9)11/h4-5H,2-3H2,1H3,(H,13,14). The number of hydrogen-bond donors (Lipinski definition) is 1. The fraction of sp³-hybridized carbons (Fsp3) is 0.300. The summed E-state index contributed by atoms with van der Waals surface area (Å²) >= 11 is 5.77. The van der Waals surface area contributed by atoms with Crippen molar-refractivity contribution in [2.24, 2.45) is 0 Å². The van der Waals surface area contributed by atoms with Gasteiger partial charge in [-0.3, -0.25) is 10.1 Å². The number of methoxy groups -OCH3 is 1. The second kappa shape index (κ2) is 6.18. The maximum Gasteiger partial charge on any atom is 0.339 e. The second-order valence-corrected chi connectivity index (χ2v) is 3.62. The Morgan fingerprint density at radius 2 is 2.17 bits per heavy atom. The summed E-state index contributed by atoms with van der Waals surface area (Å²) in [5.41, 5.74) is -0.762. The predicted molar refractivity (Wildman–Crippen MR) is 62.4 cm³/mol. The van der Waals surface area contributed by atoms with Crippen molar-refractivity contribution in [1.82, 2.24) is 0 Å². The molecule has 0 aliphatic heterocycles. The van der Waals surface area contributed by atoms with Gasteiger partial charge in [0.2, 0.25) is 0 Å². The molecule has 0 atom stereocenters. The zero-order chi connectivity index (χ0) is 13.7. The summed E-state index contributed by atoms with van der Waals surface area (Å²) in [5, 5.41) is 19.4. The summed E-state index contributed by atoms with van der Waals surface area (Å²) in [4.78, 5) is 20.9. The normalized spacial score (nSPS) is 10.1. The largest absolute Gasteiger partial charge is 0.489 e. The van der Waals surface area contributed by atoms with Crippen molar-refractivity contribution in [2.45, 2.75) is 0 Å². The number of nitro groups is 1. The Hall–Kier alpha value is -1.86. The maximum atomic E-state index is 11.0. The lowest BCUT2D eigenvalue weighted by atomic mass is 10.2. The smallest absolute Gasteiger partial charge is 0.339 e. The molecule has 0 radical (unpaired) electrons. The summed E-state index contributed by atoms with van der Waals surface area (Å²) in [7, 11) is 1.46. The van der Waals surface area contributed by atoms with Crippen molar-refractivity contribution in [1.29, 1.82) is 0 Å². The van der Waals surface area contributed by atoms with E-state index in [0.717, 1.165) is 12.1 Å². The zero-order valence-electron chi connectivity index (χ0n) is 9.38. The Morgan fingerprint density at radius 3 is 2.67 bits per heavy atom. The van der Waals surface area contributed by atoms with E-state index in [-0.39, 0.29) is 29.5 Å². The molecule has 0 heterocycles.